The number of unbranched alkanes of at least 4 members (excludes halogenated alkanes) is 1. The van der Waals surface area contributed by atoms with Crippen LogP contribution in [0.5, 0.6) is 0 Å². The molecule has 1 unspecified atom stereocenters. The number of ether oxygens (including phenoxy) is 1. The fraction of sp³-hybridized carbons (Fsp3) is 0.368. The first kappa shape index (κ1) is 17.8. The highest BCUT2D eigenvalue weighted by Crippen LogP contribution is 2.14. The van der Waals surface area contributed by atoms with E-state index in [2.05, 4.69) is 71.1 Å². The summed E-state index contributed by atoms with van der Waals surface area (Å²) in [5.41, 5.74) is 2.55. The molecule has 0 aliphatic heterocycles. The minimum absolute atomic E-state index is 0.221. The predicted molar refractivity (Wildman–Crippen MR) is 102 cm³/mol. The first-order valence-electron chi connectivity index (χ1n) is 7.74. The van der Waals surface area contributed by atoms with Gasteiger partial charge >= 0.3 is 0 Å². The molecule has 0 saturated carbocycles. The minimum Gasteiger partial charge on any atom is -0.377 e. The lowest BCUT2D eigenvalue weighted by Gasteiger charge is -2.09. The van der Waals surface area contributed by atoms with Crippen molar-refractivity contribution < 1.29 is 4.74 Å². The first-order chi connectivity index (χ1) is 10.7. The van der Waals surface area contributed by atoms with E-state index in [-0.39, 0.29) is 5.38 Å². The summed E-state index contributed by atoms with van der Waals surface area (Å²) >= 11 is 8.71. The van der Waals surface area contributed by atoms with Gasteiger partial charge in [-0.05, 0) is 71.5 Å². The van der Waals surface area contributed by atoms with Crippen molar-refractivity contribution >= 4 is 34.2 Å². The second kappa shape index (κ2) is 10.2. The molecule has 0 spiro atoms. The van der Waals surface area contributed by atoms with E-state index >= 15 is 0 Å². The third-order valence-corrected chi connectivity index (χ3v) is 4.63. The van der Waals surface area contributed by atoms with Crippen LogP contribution in [0.3, 0.4) is 0 Å². The van der Waals surface area contributed by atoms with Crippen LogP contribution < -0.4 is 0 Å². The Balaban J connectivity index is 1.53. The molecular weight excluding hydrogens is 407 g/mol. The van der Waals surface area contributed by atoms with Crippen LogP contribution in [0.25, 0.3) is 0 Å². The summed E-state index contributed by atoms with van der Waals surface area (Å²) in [4.78, 5) is 0. The maximum absolute atomic E-state index is 6.40. The molecular formula is C19H22ClIO. The quantitative estimate of drug-likeness (QED) is 0.277. The lowest BCUT2D eigenvalue weighted by molar-refractivity contribution is 0.117. The molecule has 0 aliphatic carbocycles. The molecule has 0 heterocycles. The highest BCUT2D eigenvalue weighted by Gasteiger charge is 2.05. The van der Waals surface area contributed by atoms with Gasteiger partial charge in [0.25, 0.3) is 0 Å². The van der Waals surface area contributed by atoms with Gasteiger partial charge in [-0.2, -0.15) is 0 Å². The highest BCUT2D eigenvalue weighted by atomic mass is 127. The average molecular weight is 429 g/mol. The van der Waals surface area contributed by atoms with Crippen molar-refractivity contribution in [1.82, 2.24) is 0 Å². The molecule has 1 nitrogen and oxygen atoms in total. The monoisotopic (exact) mass is 428 g/mol. The molecule has 0 bridgehead atoms. The van der Waals surface area contributed by atoms with Crippen LogP contribution in [0.2, 0.25) is 0 Å². The van der Waals surface area contributed by atoms with Gasteiger partial charge in [-0.25, -0.2) is 0 Å². The summed E-state index contributed by atoms with van der Waals surface area (Å²) in [6, 6.07) is 18.9. The summed E-state index contributed by atoms with van der Waals surface area (Å²) in [6.07, 6.45) is 4.19. The van der Waals surface area contributed by atoms with Gasteiger partial charge in [-0.3, -0.25) is 0 Å². The third kappa shape index (κ3) is 7.12. The van der Waals surface area contributed by atoms with Crippen molar-refractivity contribution in [3.05, 3.63) is 69.3 Å². The number of hydrogen-bond donors (Lipinski definition) is 0. The van der Waals surface area contributed by atoms with Crippen LogP contribution in [-0.2, 0) is 17.8 Å². The molecule has 3 heteroatoms. The van der Waals surface area contributed by atoms with Crippen LogP contribution in [0.4, 0.5) is 0 Å². The van der Waals surface area contributed by atoms with Crippen LogP contribution in [0.15, 0.2) is 54.6 Å². The van der Waals surface area contributed by atoms with E-state index in [4.69, 9.17) is 16.3 Å². The van der Waals surface area contributed by atoms with Crippen molar-refractivity contribution in [3.63, 3.8) is 0 Å². The van der Waals surface area contributed by atoms with Crippen molar-refractivity contribution in [2.45, 2.75) is 37.7 Å². The zero-order valence-corrected chi connectivity index (χ0v) is 15.6. The molecule has 2 aromatic carbocycles. The zero-order chi connectivity index (χ0) is 15.6. The normalized spacial score (nSPS) is 12.3. The molecule has 118 valence electrons. The molecule has 0 saturated heterocycles. The second-order valence-corrected chi connectivity index (χ2v) is 7.32. The molecule has 2 rings (SSSR count). The maximum Gasteiger partial charge on any atom is 0.0716 e. The largest absolute Gasteiger partial charge is 0.377 e. The van der Waals surface area contributed by atoms with E-state index in [1.54, 1.807) is 0 Å². The SMILES string of the molecule is ClC(CCCCOCc1ccc(I)cc1)Cc1ccccc1. The number of hydrogen-bond acceptors (Lipinski definition) is 1. The fourth-order valence-corrected chi connectivity index (χ4v) is 3.00. The minimum atomic E-state index is 0.221. The molecule has 0 amide bonds. The predicted octanol–water partition coefficient (Wildman–Crippen LogP) is 5.83. The van der Waals surface area contributed by atoms with E-state index in [1.807, 2.05) is 6.07 Å². The van der Waals surface area contributed by atoms with Crippen LogP contribution >= 0.6 is 34.2 Å². The third-order valence-electron chi connectivity index (χ3n) is 3.54. The summed E-state index contributed by atoms with van der Waals surface area (Å²) in [5.74, 6) is 0. The Bertz CT molecular complexity index is 527. The van der Waals surface area contributed by atoms with E-state index in [9.17, 15) is 0 Å². The Morgan fingerprint density at radius 1 is 0.909 bits per heavy atom. The van der Waals surface area contributed by atoms with Crippen LogP contribution in [-0.4, -0.2) is 12.0 Å². The molecule has 22 heavy (non-hydrogen) atoms. The maximum atomic E-state index is 6.40. The molecule has 0 aliphatic rings. The number of benzene rings is 2. The Morgan fingerprint density at radius 2 is 1.64 bits per heavy atom. The zero-order valence-electron chi connectivity index (χ0n) is 12.7. The van der Waals surface area contributed by atoms with Gasteiger partial charge in [0.1, 0.15) is 0 Å². The van der Waals surface area contributed by atoms with Crippen molar-refractivity contribution in [3.8, 4) is 0 Å². The fourth-order valence-electron chi connectivity index (χ4n) is 2.31. The molecule has 2 aromatic rings. The Labute approximate surface area is 152 Å². The average Bonchev–Trinajstić information content (AvgIpc) is 2.53. The summed E-state index contributed by atoms with van der Waals surface area (Å²) in [5, 5.41) is 0.221. The van der Waals surface area contributed by atoms with E-state index in [1.165, 1.54) is 14.7 Å². The van der Waals surface area contributed by atoms with Gasteiger partial charge in [-0.1, -0.05) is 42.5 Å². The number of halogens is 2. The van der Waals surface area contributed by atoms with Gasteiger partial charge in [-0.15, -0.1) is 11.6 Å². The van der Waals surface area contributed by atoms with Crippen LogP contribution in [0.1, 0.15) is 30.4 Å². The number of rotatable bonds is 9. The molecule has 0 radical (unpaired) electrons. The standard InChI is InChI=1S/C19H22ClIO/c20-18(14-16-6-2-1-3-7-16)8-4-5-13-22-15-17-9-11-19(21)12-10-17/h1-3,6-7,9-12,18H,4-5,8,13-15H2. The first-order valence-corrected chi connectivity index (χ1v) is 9.26. The van der Waals surface area contributed by atoms with Crippen LogP contribution in [0, 0.1) is 3.57 Å². The topological polar surface area (TPSA) is 9.23 Å². The van der Waals surface area contributed by atoms with E-state index in [0.29, 0.717) is 6.61 Å². The summed E-state index contributed by atoms with van der Waals surface area (Å²) in [6.45, 7) is 1.51. The highest BCUT2D eigenvalue weighted by molar-refractivity contribution is 14.1. The van der Waals surface area contributed by atoms with E-state index < -0.39 is 0 Å². The Kier molecular flexibility index (Phi) is 8.27. The Hall–Kier alpha value is -0.580. The van der Waals surface area contributed by atoms with Crippen molar-refractivity contribution in [2.75, 3.05) is 6.61 Å². The van der Waals surface area contributed by atoms with Gasteiger partial charge in [0.15, 0.2) is 0 Å². The van der Waals surface area contributed by atoms with Crippen molar-refractivity contribution in [1.29, 1.82) is 0 Å². The Morgan fingerprint density at radius 3 is 2.36 bits per heavy atom. The van der Waals surface area contributed by atoms with Gasteiger partial charge < -0.3 is 4.74 Å². The molecule has 0 fully saturated rings. The van der Waals surface area contributed by atoms with Gasteiger partial charge in [0, 0.05) is 15.6 Å². The van der Waals surface area contributed by atoms with Crippen molar-refractivity contribution in [2.24, 2.45) is 0 Å². The van der Waals surface area contributed by atoms with Gasteiger partial charge in [0.05, 0.1) is 6.61 Å². The smallest absolute Gasteiger partial charge is 0.0716 e. The second-order valence-electron chi connectivity index (χ2n) is 5.46. The summed E-state index contributed by atoms with van der Waals surface area (Å²) in [7, 11) is 0. The van der Waals surface area contributed by atoms with E-state index in [0.717, 1.165) is 32.3 Å². The molecule has 1 atom stereocenters. The summed E-state index contributed by atoms with van der Waals surface area (Å²) < 4.78 is 6.97. The van der Waals surface area contributed by atoms with Gasteiger partial charge in [0.2, 0.25) is 0 Å². The number of alkyl halides is 1. The lowest BCUT2D eigenvalue weighted by Crippen LogP contribution is -2.04. The lowest BCUT2D eigenvalue weighted by atomic mass is 10.1. The molecule has 0 aromatic heterocycles. The molecule has 0 N–H and O–H groups in total.